The minimum atomic E-state index is -0.430. The van der Waals surface area contributed by atoms with Crippen molar-refractivity contribution in [2.24, 2.45) is 5.92 Å². The highest BCUT2D eigenvalue weighted by molar-refractivity contribution is 5.94. The molecule has 0 aromatic heterocycles. The van der Waals surface area contributed by atoms with Crippen molar-refractivity contribution in [2.45, 2.75) is 19.3 Å². The second-order valence-corrected chi connectivity index (χ2v) is 6.16. The first kappa shape index (κ1) is 19.5. The number of rotatable bonds is 8. The largest absolute Gasteiger partial charge is 0.497 e. The number of esters is 1. The third kappa shape index (κ3) is 6.23. The Bertz CT molecular complexity index is 686. The Morgan fingerprint density at radius 3 is 2.81 bits per heavy atom. The summed E-state index contributed by atoms with van der Waals surface area (Å²) in [5, 5.41) is 2.69. The molecule has 1 aromatic rings. The number of nitrogens with one attached hydrogen (secondary N) is 1. The van der Waals surface area contributed by atoms with Crippen molar-refractivity contribution in [3.63, 3.8) is 0 Å². The Morgan fingerprint density at radius 1 is 1.31 bits per heavy atom. The molecule has 1 aliphatic carbocycles. The van der Waals surface area contributed by atoms with Gasteiger partial charge in [0, 0.05) is 18.8 Å². The van der Waals surface area contributed by atoms with E-state index in [1.54, 1.807) is 24.3 Å². The van der Waals surface area contributed by atoms with E-state index in [0.29, 0.717) is 11.4 Å². The van der Waals surface area contributed by atoms with E-state index in [-0.39, 0.29) is 31.4 Å². The fourth-order valence-electron chi connectivity index (χ4n) is 2.60. The summed E-state index contributed by atoms with van der Waals surface area (Å²) in [6, 6.07) is 6.92. The summed E-state index contributed by atoms with van der Waals surface area (Å²) in [4.78, 5) is 37.0. The van der Waals surface area contributed by atoms with E-state index < -0.39 is 11.9 Å². The van der Waals surface area contributed by atoms with Gasteiger partial charge in [-0.1, -0.05) is 18.2 Å². The van der Waals surface area contributed by atoms with Crippen molar-refractivity contribution in [1.29, 1.82) is 0 Å². The van der Waals surface area contributed by atoms with Crippen LogP contribution in [-0.4, -0.2) is 50.0 Å². The van der Waals surface area contributed by atoms with Crippen LogP contribution in [0, 0.1) is 5.92 Å². The summed E-state index contributed by atoms with van der Waals surface area (Å²) in [6.07, 6.45) is 6.23. The molecule has 26 heavy (non-hydrogen) atoms. The zero-order chi connectivity index (χ0) is 18.9. The highest BCUT2D eigenvalue weighted by atomic mass is 16.5. The van der Waals surface area contributed by atoms with Gasteiger partial charge in [0.2, 0.25) is 5.91 Å². The quantitative estimate of drug-likeness (QED) is 0.566. The molecule has 0 fully saturated rings. The molecule has 2 amide bonds. The number of allylic oxidation sites excluding steroid dienone is 2. The molecule has 7 nitrogen and oxygen atoms in total. The number of amides is 2. The maximum absolute atomic E-state index is 12.0. The smallest absolute Gasteiger partial charge is 0.306 e. The van der Waals surface area contributed by atoms with Crippen molar-refractivity contribution in [2.75, 3.05) is 32.6 Å². The molecular weight excluding hydrogens is 336 g/mol. The standard InChI is InChI=1S/C19H24N2O5/c1-21(12-17(22)20-15-8-5-9-16(11-15)25-2)18(23)13-26-19(24)10-14-6-3-4-7-14/h3,5-6,8-9,11,14H,4,7,10,12-13H2,1-2H3,(H,20,22)/t14-/m0/s1. The Morgan fingerprint density at radius 2 is 2.12 bits per heavy atom. The Labute approximate surface area is 153 Å². The monoisotopic (exact) mass is 360 g/mol. The van der Waals surface area contributed by atoms with Crippen LogP contribution in [0.25, 0.3) is 0 Å². The number of nitrogens with zero attached hydrogens (tertiary/aromatic N) is 1. The molecule has 2 rings (SSSR count). The highest BCUT2D eigenvalue weighted by Gasteiger charge is 2.18. The molecule has 0 radical (unpaired) electrons. The van der Waals surface area contributed by atoms with Gasteiger partial charge in [0.25, 0.3) is 5.91 Å². The molecule has 0 bridgehead atoms. The van der Waals surface area contributed by atoms with Crippen molar-refractivity contribution in [3.05, 3.63) is 36.4 Å². The van der Waals surface area contributed by atoms with Crippen LogP contribution in [0.3, 0.4) is 0 Å². The lowest BCUT2D eigenvalue weighted by Gasteiger charge is -2.17. The van der Waals surface area contributed by atoms with Crippen molar-refractivity contribution in [1.82, 2.24) is 4.90 Å². The minimum Gasteiger partial charge on any atom is -0.497 e. The summed E-state index contributed by atoms with van der Waals surface area (Å²) in [5.41, 5.74) is 0.575. The van der Waals surface area contributed by atoms with Crippen LogP contribution < -0.4 is 10.1 Å². The molecule has 1 atom stereocenters. The van der Waals surface area contributed by atoms with E-state index in [4.69, 9.17) is 9.47 Å². The van der Waals surface area contributed by atoms with Gasteiger partial charge in [-0.3, -0.25) is 14.4 Å². The molecule has 7 heteroatoms. The maximum Gasteiger partial charge on any atom is 0.306 e. The average Bonchev–Trinajstić information content (AvgIpc) is 3.12. The molecule has 140 valence electrons. The van der Waals surface area contributed by atoms with Crippen LogP contribution in [-0.2, 0) is 19.1 Å². The second kappa shape index (κ2) is 9.60. The van der Waals surface area contributed by atoms with Crippen LogP contribution >= 0.6 is 0 Å². The Balaban J connectivity index is 1.72. The maximum atomic E-state index is 12.0. The third-order valence-corrected chi connectivity index (χ3v) is 4.06. The van der Waals surface area contributed by atoms with Gasteiger partial charge < -0.3 is 19.7 Å². The van der Waals surface area contributed by atoms with Crippen LogP contribution in [0.15, 0.2) is 36.4 Å². The number of carbonyl (C=O) groups excluding carboxylic acids is 3. The van der Waals surface area contributed by atoms with Crippen LogP contribution in [0.1, 0.15) is 19.3 Å². The molecule has 0 aliphatic heterocycles. The highest BCUT2D eigenvalue weighted by Crippen LogP contribution is 2.20. The average molecular weight is 360 g/mol. The number of methoxy groups -OCH3 is 1. The van der Waals surface area contributed by atoms with Crippen LogP contribution in [0.2, 0.25) is 0 Å². The normalized spacial score (nSPS) is 15.4. The van der Waals surface area contributed by atoms with E-state index >= 15 is 0 Å². The van der Waals surface area contributed by atoms with Gasteiger partial charge >= 0.3 is 5.97 Å². The number of hydrogen-bond acceptors (Lipinski definition) is 5. The molecule has 0 spiro atoms. The van der Waals surface area contributed by atoms with E-state index in [9.17, 15) is 14.4 Å². The predicted octanol–water partition coefficient (Wildman–Crippen LogP) is 1.99. The Kier molecular flexibility index (Phi) is 7.20. The molecular formula is C19H24N2O5. The van der Waals surface area contributed by atoms with Crippen LogP contribution in [0.5, 0.6) is 5.75 Å². The second-order valence-electron chi connectivity index (χ2n) is 6.16. The van der Waals surface area contributed by atoms with Gasteiger partial charge in [0.15, 0.2) is 6.61 Å². The molecule has 1 N–H and O–H groups in total. The van der Waals surface area contributed by atoms with Gasteiger partial charge in [-0.25, -0.2) is 0 Å². The lowest BCUT2D eigenvalue weighted by Crippen LogP contribution is -2.37. The summed E-state index contributed by atoms with van der Waals surface area (Å²) in [6.45, 7) is -0.503. The lowest BCUT2D eigenvalue weighted by atomic mass is 10.1. The molecule has 1 aromatic carbocycles. The molecule has 1 aliphatic rings. The third-order valence-electron chi connectivity index (χ3n) is 4.06. The van der Waals surface area contributed by atoms with Crippen LogP contribution in [0.4, 0.5) is 5.69 Å². The fourth-order valence-corrected chi connectivity index (χ4v) is 2.60. The van der Waals surface area contributed by atoms with Crippen molar-refractivity contribution >= 4 is 23.5 Å². The first-order valence-corrected chi connectivity index (χ1v) is 8.48. The van der Waals surface area contributed by atoms with E-state index in [1.165, 1.54) is 19.1 Å². The molecule has 0 unspecified atom stereocenters. The first-order valence-electron chi connectivity index (χ1n) is 8.48. The van der Waals surface area contributed by atoms with Crippen molar-refractivity contribution in [3.8, 4) is 5.75 Å². The van der Waals surface area contributed by atoms with Gasteiger partial charge in [-0.15, -0.1) is 0 Å². The summed E-state index contributed by atoms with van der Waals surface area (Å²) >= 11 is 0. The van der Waals surface area contributed by atoms with E-state index in [0.717, 1.165) is 12.8 Å². The zero-order valence-corrected chi connectivity index (χ0v) is 15.1. The number of benzene rings is 1. The number of likely N-dealkylation sites (N-methyl/N-ethyl adjacent to an activating group) is 1. The van der Waals surface area contributed by atoms with E-state index in [2.05, 4.69) is 5.32 Å². The first-order chi connectivity index (χ1) is 12.5. The number of carbonyl (C=O) groups is 3. The predicted molar refractivity (Wildman–Crippen MR) is 96.7 cm³/mol. The topological polar surface area (TPSA) is 84.9 Å². The number of hydrogen-bond donors (Lipinski definition) is 1. The van der Waals surface area contributed by atoms with Gasteiger partial charge in [-0.2, -0.15) is 0 Å². The minimum absolute atomic E-state index is 0.140. The fraction of sp³-hybridized carbons (Fsp3) is 0.421. The number of ether oxygens (including phenoxy) is 2. The lowest BCUT2D eigenvalue weighted by molar-refractivity contribution is -0.152. The van der Waals surface area contributed by atoms with Gasteiger partial charge in [0.1, 0.15) is 5.75 Å². The molecule has 0 saturated carbocycles. The zero-order valence-electron chi connectivity index (χ0n) is 15.1. The Hall–Kier alpha value is -2.83. The molecule has 0 saturated heterocycles. The molecule has 0 heterocycles. The summed E-state index contributed by atoms with van der Waals surface area (Å²) in [7, 11) is 3.03. The summed E-state index contributed by atoms with van der Waals surface area (Å²) in [5.74, 6) is -0.359. The number of anilines is 1. The summed E-state index contributed by atoms with van der Waals surface area (Å²) < 4.78 is 10.1. The van der Waals surface area contributed by atoms with Gasteiger partial charge in [0.05, 0.1) is 20.1 Å². The SMILES string of the molecule is COc1cccc(NC(=O)CN(C)C(=O)COC(=O)C[C@H]2C=CCC2)c1. The van der Waals surface area contributed by atoms with E-state index in [1.807, 2.05) is 12.2 Å². The van der Waals surface area contributed by atoms with Gasteiger partial charge in [-0.05, 0) is 30.9 Å². The van der Waals surface area contributed by atoms with Crippen molar-refractivity contribution < 1.29 is 23.9 Å².